The summed E-state index contributed by atoms with van der Waals surface area (Å²) in [6.07, 6.45) is 3.92. The van der Waals surface area contributed by atoms with Gasteiger partial charge in [0, 0.05) is 18.4 Å². The van der Waals surface area contributed by atoms with Gasteiger partial charge in [-0.2, -0.15) is 5.10 Å². The molecule has 96 valence electrons. The molecule has 0 fully saturated rings. The fraction of sp³-hybridized carbons (Fsp3) is 0.357. The van der Waals surface area contributed by atoms with E-state index in [1.807, 2.05) is 61.4 Å². The molecule has 0 spiro atoms. The molecule has 4 heteroatoms. The van der Waals surface area contributed by atoms with Gasteiger partial charge in [0.25, 0.3) is 0 Å². The largest absolute Gasteiger partial charge is 0.380 e. The lowest BCUT2D eigenvalue weighted by Crippen LogP contribution is -2.21. The molecule has 0 aliphatic rings. The molecule has 1 aromatic carbocycles. The predicted octanol–water partition coefficient (Wildman–Crippen LogP) is 2.17. The highest BCUT2D eigenvalue weighted by molar-refractivity contribution is 5.31. The Balaban J connectivity index is 2.14. The van der Waals surface area contributed by atoms with E-state index in [0.29, 0.717) is 6.61 Å². The van der Waals surface area contributed by atoms with Gasteiger partial charge < -0.3 is 10.1 Å². The molecule has 1 atom stereocenters. The van der Waals surface area contributed by atoms with Gasteiger partial charge in [0.2, 0.25) is 0 Å². The van der Waals surface area contributed by atoms with Crippen molar-refractivity contribution in [1.29, 1.82) is 0 Å². The molecule has 0 amide bonds. The Bertz CT molecular complexity index is 467. The Morgan fingerprint density at radius 1 is 1.33 bits per heavy atom. The van der Waals surface area contributed by atoms with E-state index < -0.39 is 0 Å². The third-order valence-electron chi connectivity index (χ3n) is 2.86. The number of hydrogen-bond donors (Lipinski definition) is 1. The number of nitrogens with zero attached hydrogens (tertiary/aromatic N) is 2. The Hall–Kier alpha value is -1.65. The maximum Gasteiger partial charge on any atom is 0.0662 e. The second-order valence-corrected chi connectivity index (χ2v) is 4.05. The molecule has 0 aliphatic heterocycles. The van der Waals surface area contributed by atoms with E-state index >= 15 is 0 Å². The van der Waals surface area contributed by atoms with E-state index in [1.54, 1.807) is 0 Å². The molecule has 1 N–H and O–H groups in total. The molecule has 2 rings (SSSR count). The van der Waals surface area contributed by atoms with Gasteiger partial charge in [-0.3, -0.25) is 0 Å². The molecule has 0 radical (unpaired) electrons. The minimum Gasteiger partial charge on any atom is -0.380 e. The standard InChI is InChI=1S/C14H19N3O/c1-3-18-11-14(15-2)12-9-16-17(10-12)13-7-5-4-6-8-13/h4-10,14-15H,3,11H2,1-2H3. The third-order valence-corrected chi connectivity index (χ3v) is 2.86. The Morgan fingerprint density at radius 3 is 2.78 bits per heavy atom. The fourth-order valence-corrected chi connectivity index (χ4v) is 1.82. The molecule has 0 saturated carbocycles. The highest BCUT2D eigenvalue weighted by Crippen LogP contribution is 2.14. The lowest BCUT2D eigenvalue weighted by atomic mass is 10.2. The first-order chi connectivity index (χ1) is 8.85. The summed E-state index contributed by atoms with van der Waals surface area (Å²) in [7, 11) is 1.93. The molecular formula is C14H19N3O. The van der Waals surface area contributed by atoms with Crippen molar-refractivity contribution in [3.8, 4) is 5.69 Å². The van der Waals surface area contributed by atoms with Crippen molar-refractivity contribution in [2.75, 3.05) is 20.3 Å². The number of rotatable bonds is 6. The van der Waals surface area contributed by atoms with E-state index in [0.717, 1.165) is 17.9 Å². The minimum absolute atomic E-state index is 0.183. The van der Waals surface area contributed by atoms with Crippen LogP contribution in [0.25, 0.3) is 5.69 Å². The zero-order chi connectivity index (χ0) is 12.8. The first-order valence-electron chi connectivity index (χ1n) is 6.20. The lowest BCUT2D eigenvalue weighted by Gasteiger charge is -2.13. The van der Waals surface area contributed by atoms with Gasteiger partial charge in [-0.25, -0.2) is 4.68 Å². The van der Waals surface area contributed by atoms with E-state index in [2.05, 4.69) is 10.4 Å². The predicted molar refractivity (Wildman–Crippen MR) is 71.9 cm³/mol. The highest BCUT2D eigenvalue weighted by atomic mass is 16.5. The third kappa shape index (κ3) is 2.97. The summed E-state index contributed by atoms with van der Waals surface area (Å²) in [4.78, 5) is 0. The summed E-state index contributed by atoms with van der Waals surface area (Å²) in [6, 6.07) is 10.3. The first-order valence-corrected chi connectivity index (χ1v) is 6.20. The summed E-state index contributed by atoms with van der Waals surface area (Å²) < 4.78 is 7.34. The maximum atomic E-state index is 5.46. The average Bonchev–Trinajstić information content (AvgIpc) is 2.90. The van der Waals surface area contributed by atoms with Crippen molar-refractivity contribution in [2.45, 2.75) is 13.0 Å². The summed E-state index contributed by atoms with van der Waals surface area (Å²) >= 11 is 0. The van der Waals surface area contributed by atoms with Crippen LogP contribution in [0, 0.1) is 0 Å². The summed E-state index contributed by atoms with van der Waals surface area (Å²) in [5, 5.41) is 7.62. The van der Waals surface area contributed by atoms with Crippen LogP contribution in [-0.2, 0) is 4.74 Å². The lowest BCUT2D eigenvalue weighted by molar-refractivity contribution is 0.125. The number of likely N-dealkylation sites (N-methyl/N-ethyl adjacent to an activating group) is 1. The van der Waals surface area contributed by atoms with Gasteiger partial charge >= 0.3 is 0 Å². The van der Waals surface area contributed by atoms with Gasteiger partial charge in [-0.1, -0.05) is 18.2 Å². The van der Waals surface area contributed by atoms with Crippen LogP contribution in [0.2, 0.25) is 0 Å². The van der Waals surface area contributed by atoms with E-state index in [1.165, 1.54) is 0 Å². The zero-order valence-electron chi connectivity index (χ0n) is 10.8. The summed E-state index contributed by atoms with van der Waals surface area (Å²) in [5.41, 5.74) is 2.20. The van der Waals surface area contributed by atoms with Crippen molar-refractivity contribution in [3.05, 3.63) is 48.3 Å². The van der Waals surface area contributed by atoms with Crippen LogP contribution in [0.5, 0.6) is 0 Å². The number of para-hydroxylation sites is 1. The van der Waals surface area contributed by atoms with Gasteiger partial charge in [0.15, 0.2) is 0 Å². The maximum absolute atomic E-state index is 5.46. The summed E-state index contributed by atoms with van der Waals surface area (Å²) in [5.74, 6) is 0. The van der Waals surface area contributed by atoms with Crippen LogP contribution in [0.1, 0.15) is 18.5 Å². The minimum atomic E-state index is 0.183. The van der Waals surface area contributed by atoms with Crippen molar-refractivity contribution >= 4 is 0 Å². The molecule has 0 aliphatic carbocycles. The van der Waals surface area contributed by atoms with Crippen molar-refractivity contribution in [3.63, 3.8) is 0 Å². The average molecular weight is 245 g/mol. The number of benzene rings is 1. The Morgan fingerprint density at radius 2 is 2.11 bits per heavy atom. The molecule has 1 heterocycles. The molecule has 1 aromatic heterocycles. The van der Waals surface area contributed by atoms with Crippen LogP contribution < -0.4 is 5.32 Å². The number of nitrogens with one attached hydrogen (secondary N) is 1. The first kappa shape index (κ1) is 12.8. The second kappa shape index (κ2) is 6.33. The highest BCUT2D eigenvalue weighted by Gasteiger charge is 2.11. The topological polar surface area (TPSA) is 39.1 Å². The van der Waals surface area contributed by atoms with E-state index in [-0.39, 0.29) is 6.04 Å². The number of ether oxygens (including phenoxy) is 1. The number of aromatic nitrogens is 2. The van der Waals surface area contributed by atoms with Gasteiger partial charge in [-0.15, -0.1) is 0 Å². The normalized spacial score (nSPS) is 12.6. The SMILES string of the molecule is CCOCC(NC)c1cnn(-c2ccccc2)c1. The van der Waals surface area contributed by atoms with Gasteiger partial charge in [0.05, 0.1) is 24.5 Å². The van der Waals surface area contributed by atoms with Gasteiger partial charge in [0.1, 0.15) is 0 Å². The molecule has 0 bridgehead atoms. The molecule has 0 saturated heterocycles. The smallest absolute Gasteiger partial charge is 0.0662 e. The van der Waals surface area contributed by atoms with Crippen LogP contribution >= 0.6 is 0 Å². The Labute approximate surface area is 108 Å². The van der Waals surface area contributed by atoms with Crippen molar-refractivity contribution < 1.29 is 4.74 Å². The van der Waals surface area contributed by atoms with E-state index in [4.69, 9.17) is 4.74 Å². The molecular weight excluding hydrogens is 226 g/mol. The Kier molecular flexibility index (Phi) is 4.50. The second-order valence-electron chi connectivity index (χ2n) is 4.05. The van der Waals surface area contributed by atoms with Crippen LogP contribution in [-0.4, -0.2) is 30.0 Å². The fourth-order valence-electron chi connectivity index (χ4n) is 1.82. The quantitative estimate of drug-likeness (QED) is 0.847. The van der Waals surface area contributed by atoms with Gasteiger partial charge in [-0.05, 0) is 26.1 Å². The summed E-state index contributed by atoms with van der Waals surface area (Å²) in [6.45, 7) is 3.39. The van der Waals surface area contributed by atoms with Crippen LogP contribution in [0.15, 0.2) is 42.7 Å². The van der Waals surface area contributed by atoms with E-state index in [9.17, 15) is 0 Å². The number of hydrogen-bond acceptors (Lipinski definition) is 3. The van der Waals surface area contributed by atoms with Crippen molar-refractivity contribution in [1.82, 2.24) is 15.1 Å². The zero-order valence-corrected chi connectivity index (χ0v) is 10.8. The monoisotopic (exact) mass is 245 g/mol. The van der Waals surface area contributed by atoms with Crippen molar-refractivity contribution in [2.24, 2.45) is 0 Å². The molecule has 4 nitrogen and oxygen atoms in total. The molecule has 2 aromatic rings. The molecule has 18 heavy (non-hydrogen) atoms. The van der Waals surface area contributed by atoms with Crippen LogP contribution in [0.3, 0.4) is 0 Å². The van der Waals surface area contributed by atoms with Crippen LogP contribution in [0.4, 0.5) is 0 Å². The molecule has 1 unspecified atom stereocenters.